The first-order chi connectivity index (χ1) is 13.3. The summed E-state index contributed by atoms with van der Waals surface area (Å²) in [6.07, 6.45) is 1.51. The third-order valence-corrected chi connectivity index (χ3v) is 5.07. The van der Waals surface area contributed by atoms with Gasteiger partial charge in [0.15, 0.2) is 0 Å². The molecule has 1 heterocycles. The SMILES string of the molecule is C.CC(C(=O)Nc1cccc2c(=O)n([C@H](C)C(N)=O)ccc12)c1ccc(Cl)cc1. The molecule has 0 radical (unpaired) electrons. The first-order valence-electron chi connectivity index (χ1n) is 8.79. The van der Waals surface area contributed by atoms with Crippen LogP contribution in [-0.4, -0.2) is 16.4 Å². The summed E-state index contributed by atoms with van der Waals surface area (Å²) in [5.74, 6) is -1.20. The van der Waals surface area contributed by atoms with Gasteiger partial charge in [-0.25, -0.2) is 0 Å². The molecule has 0 aliphatic heterocycles. The Morgan fingerprint density at radius 2 is 1.69 bits per heavy atom. The first-order valence-corrected chi connectivity index (χ1v) is 9.17. The molecule has 1 aromatic heterocycles. The summed E-state index contributed by atoms with van der Waals surface area (Å²) in [6, 6.07) is 13.1. The van der Waals surface area contributed by atoms with Crippen LogP contribution < -0.4 is 16.6 Å². The molecule has 0 spiro atoms. The Hall–Kier alpha value is -3.12. The van der Waals surface area contributed by atoms with Crippen LogP contribution in [0.5, 0.6) is 0 Å². The lowest BCUT2D eigenvalue weighted by atomic mass is 10.00. The van der Waals surface area contributed by atoms with Crippen LogP contribution in [0, 0.1) is 0 Å². The minimum absolute atomic E-state index is 0. The van der Waals surface area contributed by atoms with Crippen molar-refractivity contribution in [3.8, 4) is 0 Å². The molecule has 3 rings (SSSR count). The number of rotatable bonds is 5. The number of primary amides is 1. The predicted molar refractivity (Wildman–Crippen MR) is 117 cm³/mol. The normalized spacial score (nSPS) is 12.7. The van der Waals surface area contributed by atoms with Crippen molar-refractivity contribution in [3.05, 3.63) is 75.7 Å². The van der Waals surface area contributed by atoms with Crippen LogP contribution in [0.1, 0.15) is 38.8 Å². The van der Waals surface area contributed by atoms with E-state index in [1.807, 2.05) is 0 Å². The highest BCUT2D eigenvalue weighted by Crippen LogP contribution is 2.24. The van der Waals surface area contributed by atoms with Crippen molar-refractivity contribution in [1.82, 2.24) is 4.57 Å². The average molecular weight is 414 g/mol. The molecule has 0 bridgehead atoms. The molecule has 152 valence electrons. The molecule has 0 saturated heterocycles. The van der Waals surface area contributed by atoms with E-state index in [-0.39, 0.29) is 18.9 Å². The number of hydrogen-bond donors (Lipinski definition) is 2. The lowest BCUT2D eigenvalue weighted by molar-refractivity contribution is -0.120. The van der Waals surface area contributed by atoms with E-state index in [0.717, 1.165) is 5.56 Å². The van der Waals surface area contributed by atoms with E-state index in [9.17, 15) is 14.4 Å². The predicted octanol–water partition coefficient (Wildman–Crippen LogP) is 4.08. The second-order valence-electron chi connectivity index (χ2n) is 6.64. The summed E-state index contributed by atoms with van der Waals surface area (Å²) in [5.41, 5.74) is 6.33. The molecule has 0 aliphatic rings. The summed E-state index contributed by atoms with van der Waals surface area (Å²) in [4.78, 5) is 36.9. The second-order valence-corrected chi connectivity index (χ2v) is 7.07. The van der Waals surface area contributed by atoms with Crippen molar-refractivity contribution in [2.75, 3.05) is 5.32 Å². The Bertz CT molecular complexity index is 1110. The molecular weight excluding hydrogens is 390 g/mol. The van der Waals surface area contributed by atoms with Crippen LogP contribution in [0.15, 0.2) is 59.5 Å². The smallest absolute Gasteiger partial charge is 0.259 e. The summed E-state index contributed by atoms with van der Waals surface area (Å²) in [6.45, 7) is 3.36. The summed E-state index contributed by atoms with van der Waals surface area (Å²) in [7, 11) is 0. The van der Waals surface area contributed by atoms with Gasteiger partial charge in [0.25, 0.3) is 5.56 Å². The average Bonchev–Trinajstić information content (AvgIpc) is 2.68. The highest BCUT2D eigenvalue weighted by atomic mass is 35.5. The molecular formula is C22H24ClN3O3. The molecule has 0 aliphatic carbocycles. The molecule has 3 aromatic rings. The Labute approximate surface area is 174 Å². The topological polar surface area (TPSA) is 94.2 Å². The van der Waals surface area contributed by atoms with Crippen molar-refractivity contribution in [3.63, 3.8) is 0 Å². The van der Waals surface area contributed by atoms with Crippen molar-refractivity contribution < 1.29 is 9.59 Å². The van der Waals surface area contributed by atoms with E-state index in [0.29, 0.717) is 21.5 Å². The third-order valence-electron chi connectivity index (χ3n) is 4.82. The van der Waals surface area contributed by atoms with E-state index in [1.54, 1.807) is 62.4 Å². The molecule has 2 atom stereocenters. The number of carbonyl (C=O) groups is 2. The van der Waals surface area contributed by atoms with Gasteiger partial charge in [-0.3, -0.25) is 14.4 Å². The molecule has 2 amide bonds. The number of halogens is 1. The van der Waals surface area contributed by atoms with Crippen LogP contribution in [0.2, 0.25) is 5.02 Å². The zero-order chi connectivity index (χ0) is 20.4. The fourth-order valence-electron chi connectivity index (χ4n) is 2.99. The van der Waals surface area contributed by atoms with Crippen LogP contribution in [0.3, 0.4) is 0 Å². The van der Waals surface area contributed by atoms with Gasteiger partial charge in [-0.15, -0.1) is 0 Å². The number of benzene rings is 2. The van der Waals surface area contributed by atoms with E-state index >= 15 is 0 Å². The fourth-order valence-corrected chi connectivity index (χ4v) is 3.11. The van der Waals surface area contributed by atoms with Crippen LogP contribution in [-0.2, 0) is 9.59 Å². The highest BCUT2D eigenvalue weighted by Gasteiger charge is 2.18. The lowest BCUT2D eigenvalue weighted by Gasteiger charge is -2.16. The molecule has 0 fully saturated rings. The minimum atomic E-state index is -0.764. The quantitative estimate of drug-likeness (QED) is 0.659. The monoisotopic (exact) mass is 413 g/mol. The number of anilines is 1. The van der Waals surface area contributed by atoms with Gasteiger partial charge in [0.05, 0.1) is 5.92 Å². The number of amides is 2. The minimum Gasteiger partial charge on any atom is -0.368 e. The summed E-state index contributed by atoms with van der Waals surface area (Å²) in [5, 5.41) is 4.48. The van der Waals surface area contributed by atoms with Gasteiger partial charge in [0.1, 0.15) is 6.04 Å². The fraction of sp³-hybridized carbons (Fsp3) is 0.227. The van der Waals surface area contributed by atoms with Gasteiger partial charge in [0.2, 0.25) is 11.8 Å². The van der Waals surface area contributed by atoms with Crippen molar-refractivity contribution in [1.29, 1.82) is 0 Å². The Morgan fingerprint density at radius 1 is 1.03 bits per heavy atom. The maximum atomic E-state index is 12.7. The lowest BCUT2D eigenvalue weighted by Crippen LogP contribution is -2.31. The number of hydrogen-bond acceptors (Lipinski definition) is 3. The molecule has 1 unspecified atom stereocenters. The van der Waals surface area contributed by atoms with E-state index in [4.69, 9.17) is 17.3 Å². The second kappa shape index (κ2) is 8.92. The van der Waals surface area contributed by atoms with Crippen molar-refractivity contribution >= 4 is 39.9 Å². The summed E-state index contributed by atoms with van der Waals surface area (Å²) >= 11 is 5.90. The molecule has 29 heavy (non-hydrogen) atoms. The summed E-state index contributed by atoms with van der Waals surface area (Å²) < 4.78 is 1.28. The maximum absolute atomic E-state index is 12.7. The van der Waals surface area contributed by atoms with Crippen LogP contribution in [0.4, 0.5) is 5.69 Å². The largest absolute Gasteiger partial charge is 0.368 e. The number of nitrogens with one attached hydrogen (secondary N) is 1. The van der Waals surface area contributed by atoms with Gasteiger partial charge in [-0.1, -0.05) is 37.2 Å². The van der Waals surface area contributed by atoms with Gasteiger partial charge >= 0.3 is 0 Å². The number of fused-ring (bicyclic) bond motifs is 1. The number of nitrogens with zero attached hydrogens (tertiary/aromatic N) is 1. The van der Waals surface area contributed by atoms with Gasteiger partial charge in [0, 0.05) is 27.7 Å². The molecule has 3 N–H and O–H groups in total. The molecule has 7 heteroatoms. The first kappa shape index (κ1) is 22.2. The van der Waals surface area contributed by atoms with Gasteiger partial charge in [-0.2, -0.15) is 0 Å². The van der Waals surface area contributed by atoms with E-state index < -0.39 is 17.9 Å². The number of carbonyl (C=O) groups excluding carboxylic acids is 2. The molecule has 6 nitrogen and oxygen atoms in total. The molecule has 0 saturated carbocycles. The van der Waals surface area contributed by atoms with Crippen LogP contribution >= 0.6 is 11.6 Å². The highest BCUT2D eigenvalue weighted by molar-refractivity contribution is 6.30. The zero-order valence-corrected chi connectivity index (χ0v) is 16.2. The molecule has 2 aromatic carbocycles. The third kappa shape index (κ3) is 4.49. The Kier molecular flexibility index (Phi) is 6.82. The Morgan fingerprint density at radius 3 is 2.31 bits per heavy atom. The number of nitrogens with two attached hydrogens (primary N) is 1. The van der Waals surface area contributed by atoms with Gasteiger partial charge < -0.3 is 15.6 Å². The zero-order valence-electron chi connectivity index (χ0n) is 15.5. The number of aromatic nitrogens is 1. The number of pyridine rings is 1. The van der Waals surface area contributed by atoms with E-state index in [2.05, 4.69) is 5.32 Å². The van der Waals surface area contributed by atoms with Crippen molar-refractivity contribution in [2.45, 2.75) is 33.2 Å². The Balaban J connectivity index is 0.00000300. The van der Waals surface area contributed by atoms with Crippen molar-refractivity contribution in [2.24, 2.45) is 5.73 Å². The van der Waals surface area contributed by atoms with Gasteiger partial charge in [-0.05, 0) is 49.7 Å². The maximum Gasteiger partial charge on any atom is 0.259 e. The van der Waals surface area contributed by atoms with Crippen LogP contribution in [0.25, 0.3) is 10.8 Å². The standard InChI is InChI=1S/C21H20ClN3O3.CH4/c1-12(14-6-8-15(22)9-7-14)20(27)24-18-5-3-4-17-16(18)10-11-25(21(17)28)13(2)19(23)26;/h3-13H,1-2H3,(H2,23,26)(H,24,27);1H4/t12?,13-;/m1./s1. The van der Waals surface area contributed by atoms with E-state index in [1.165, 1.54) is 10.8 Å².